The monoisotopic (exact) mass is 266 g/mol. The van der Waals surface area contributed by atoms with Gasteiger partial charge in [0.25, 0.3) is 0 Å². The van der Waals surface area contributed by atoms with E-state index in [1.54, 1.807) is 0 Å². The zero-order valence-corrected chi connectivity index (χ0v) is 11.3. The van der Waals surface area contributed by atoms with Crippen LogP contribution in [0.3, 0.4) is 0 Å². The number of nitriles is 1. The van der Waals surface area contributed by atoms with E-state index in [0.29, 0.717) is 11.5 Å². The number of nitrogens with two attached hydrogens (primary N) is 1. The summed E-state index contributed by atoms with van der Waals surface area (Å²) in [6, 6.07) is 10.1. The minimum absolute atomic E-state index is 0.125. The molecular formula is C15H14N4O. The largest absolute Gasteiger partial charge is 0.420 e. The summed E-state index contributed by atoms with van der Waals surface area (Å²) in [6.07, 6.45) is 0. The third-order valence-electron chi connectivity index (χ3n) is 3.63. The molecule has 1 aliphatic heterocycles. The molecule has 3 rings (SSSR count). The molecule has 5 heteroatoms. The molecule has 5 nitrogen and oxygen atoms in total. The van der Waals surface area contributed by atoms with Crippen molar-refractivity contribution in [1.82, 2.24) is 10.2 Å². The van der Waals surface area contributed by atoms with Crippen molar-refractivity contribution >= 4 is 0 Å². The number of aromatic nitrogens is 2. The Kier molecular flexibility index (Phi) is 2.72. The number of H-pyrrole nitrogens is 1. The maximum atomic E-state index is 9.44. The average molecular weight is 266 g/mol. The molecular weight excluding hydrogens is 252 g/mol. The van der Waals surface area contributed by atoms with Gasteiger partial charge < -0.3 is 10.5 Å². The van der Waals surface area contributed by atoms with Crippen molar-refractivity contribution in [3.05, 3.63) is 58.1 Å². The Morgan fingerprint density at radius 3 is 2.80 bits per heavy atom. The van der Waals surface area contributed by atoms with E-state index in [4.69, 9.17) is 10.5 Å². The summed E-state index contributed by atoms with van der Waals surface area (Å²) in [6.45, 7) is 3.93. The lowest BCUT2D eigenvalue weighted by atomic mass is 9.82. The van der Waals surface area contributed by atoms with Crippen molar-refractivity contribution in [3.8, 4) is 11.9 Å². The minimum atomic E-state index is -0.233. The Morgan fingerprint density at radius 1 is 1.35 bits per heavy atom. The number of hydrogen-bond donors (Lipinski definition) is 2. The molecule has 0 radical (unpaired) electrons. The average Bonchev–Trinajstić information content (AvgIpc) is 2.79. The molecule has 1 unspecified atom stereocenters. The Balaban J connectivity index is 2.29. The summed E-state index contributed by atoms with van der Waals surface area (Å²) in [5.41, 5.74) is 10.2. The smallest absolute Gasteiger partial charge is 0.244 e. The fourth-order valence-electron chi connectivity index (χ4n) is 2.62. The summed E-state index contributed by atoms with van der Waals surface area (Å²) in [7, 11) is 0. The zero-order valence-electron chi connectivity index (χ0n) is 11.3. The molecule has 0 bridgehead atoms. The van der Waals surface area contributed by atoms with Crippen molar-refractivity contribution in [2.24, 2.45) is 5.73 Å². The number of nitrogens with zero attached hydrogens (tertiary/aromatic N) is 2. The highest BCUT2D eigenvalue weighted by atomic mass is 16.5. The van der Waals surface area contributed by atoms with Crippen molar-refractivity contribution < 1.29 is 4.74 Å². The van der Waals surface area contributed by atoms with Crippen molar-refractivity contribution in [2.75, 3.05) is 0 Å². The fourth-order valence-corrected chi connectivity index (χ4v) is 2.62. The summed E-state index contributed by atoms with van der Waals surface area (Å²) in [4.78, 5) is 0. The van der Waals surface area contributed by atoms with Gasteiger partial charge in [-0.15, -0.1) is 5.10 Å². The van der Waals surface area contributed by atoms with Crippen LogP contribution in [0.5, 0.6) is 5.88 Å². The molecule has 0 saturated heterocycles. The standard InChI is InChI=1S/C15H14N4O/c1-8-5-3-4-6-10(8)13-11(7-16)14(17)20-15-12(13)9(2)18-19-15/h3-6,13H,17H2,1-2H3,(H,18,19). The summed E-state index contributed by atoms with van der Waals surface area (Å²) >= 11 is 0. The van der Waals surface area contributed by atoms with E-state index in [0.717, 1.165) is 22.4 Å². The quantitative estimate of drug-likeness (QED) is 0.828. The van der Waals surface area contributed by atoms with Gasteiger partial charge in [-0.2, -0.15) is 5.26 Å². The molecule has 2 aromatic rings. The Labute approximate surface area is 116 Å². The van der Waals surface area contributed by atoms with Crippen LogP contribution < -0.4 is 10.5 Å². The predicted molar refractivity (Wildman–Crippen MR) is 73.8 cm³/mol. The van der Waals surface area contributed by atoms with Crippen molar-refractivity contribution in [2.45, 2.75) is 19.8 Å². The number of hydrogen-bond acceptors (Lipinski definition) is 4. The molecule has 1 aromatic carbocycles. The highest BCUT2D eigenvalue weighted by molar-refractivity contribution is 5.56. The van der Waals surface area contributed by atoms with Gasteiger partial charge in [-0.3, -0.25) is 5.10 Å². The zero-order chi connectivity index (χ0) is 14.3. The van der Waals surface area contributed by atoms with Crippen LogP contribution in [0.4, 0.5) is 0 Å². The molecule has 1 atom stereocenters. The molecule has 1 aromatic heterocycles. The van der Waals surface area contributed by atoms with Crippen LogP contribution in [0.15, 0.2) is 35.7 Å². The van der Waals surface area contributed by atoms with Crippen LogP contribution in [0.1, 0.15) is 28.3 Å². The highest BCUT2D eigenvalue weighted by Gasteiger charge is 2.34. The molecule has 1 aliphatic rings. The maximum Gasteiger partial charge on any atom is 0.244 e. The van der Waals surface area contributed by atoms with Crippen LogP contribution in [0, 0.1) is 25.2 Å². The molecule has 0 aliphatic carbocycles. The Morgan fingerprint density at radius 2 is 2.10 bits per heavy atom. The van der Waals surface area contributed by atoms with Gasteiger partial charge in [0, 0.05) is 11.3 Å². The van der Waals surface area contributed by atoms with Crippen LogP contribution >= 0.6 is 0 Å². The van der Waals surface area contributed by atoms with Crippen LogP contribution in [0.25, 0.3) is 0 Å². The third kappa shape index (κ3) is 1.66. The summed E-state index contributed by atoms with van der Waals surface area (Å²) in [5.74, 6) is 0.343. The first-order chi connectivity index (χ1) is 9.63. The Hall–Kier alpha value is -2.74. The minimum Gasteiger partial charge on any atom is -0.420 e. The molecule has 3 N–H and O–H groups in total. The van der Waals surface area contributed by atoms with Gasteiger partial charge in [0.15, 0.2) is 0 Å². The molecule has 0 amide bonds. The lowest BCUT2D eigenvalue weighted by molar-refractivity contribution is 0.378. The Bertz CT molecular complexity index is 751. The molecule has 0 spiro atoms. The van der Waals surface area contributed by atoms with Crippen molar-refractivity contribution in [1.29, 1.82) is 5.26 Å². The van der Waals surface area contributed by atoms with Crippen LogP contribution in [-0.4, -0.2) is 10.2 Å². The number of ether oxygens (including phenoxy) is 1. The van der Waals surface area contributed by atoms with Crippen molar-refractivity contribution in [3.63, 3.8) is 0 Å². The van der Waals surface area contributed by atoms with E-state index in [2.05, 4.69) is 16.3 Å². The van der Waals surface area contributed by atoms with Crippen LogP contribution in [0.2, 0.25) is 0 Å². The molecule has 0 fully saturated rings. The van der Waals surface area contributed by atoms with Gasteiger partial charge in [0.2, 0.25) is 11.8 Å². The number of aromatic amines is 1. The van der Waals surface area contributed by atoms with E-state index < -0.39 is 0 Å². The van der Waals surface area contributed by atoms with E-state index in [1.807, 2.05) is 38.1 Å². The predicted octanol–water partition coefficient (Wildman–Crippen LogP) is 2.24. The third-order valence-corrected chi connectivity index (χ3v) is 3.63. The SMILES string of the molecule is Cc1ccccc1C1C(C#N)=C(N)Oc2n[nH]c(C)c21. The second kappa shape index (κ2) is 4.42. The second-order valence-electron chi connectivity index (χ2n) is 4.85. The first-order valence-electron chi connectivity index (χ1n) is 6.31. The topological polar surface area (TPSA) is 87.7 Å². The fraction of sp³-hybridized carbons (Fsp3) is 0.200. The molecule has 0 saturated carbocycles. The van der Waals surface area contributed by atoms with Gasteiger partial charge in [0.05, 0.1) is 5.92 Å². The van der Waals surface area contributed by atoms with Crippen LogP contribution in [-0.2, 0) is 0 Å². The normalized spacial score (nSPS) is 17.4. The van der Waals surface area contributed by atoms with Gasteiger partial charge in [-0.05, 0) is 25.0 Å². The number of aryl methyl sites for hydroxylation is 2. The van der Waals surface area contributed by atoms with Gasteiger partial charge >= 0.3 is 0 Å². The van der Waals surface area contributed by atoms with E-state index in [9.17, 15) is 5.26 Å². The number of rotatable bonds is 1. The first-order valence-corrected chi connectivity index (χ1v) is 6.31. The van der Waals surface area contributed by atoms with E-state index in [1.165, 1.54) is 0 Å². The molecule has 2 heterocycles. The van der Waals surface area contributed by atoms with Gasteiger partial charge in [-0.1, -0.05) is 24.3 Å². The number of fused-ring (bicyclic) bond motifs is 1. The second-order valence-corrected chi connectivity index (χ2v) is 4.85. The van der Waals surface area contributed by atoms with E-state index in [-0.39, 0.29) is 11.8 Å². The number of allylic oxidation sites excluding steroid dienone is 1. The van der Waals surface area contributed by atoms with E-state index >= 15 is 0 Å². The lowest BCUT2D eigenvalue weighted by Crippen LogP contribution is -2.21. The van der Waals surface area contributed by atoms with Gasteiger partial charge in [0.1, 0.15) is 11.6 Å². The highest BCUT2D eigenvalue weighted by Crippen LogP contribution is 2.43. The molecule has 20 heavy (non-hydrogen) atoms. The summed E-state index contributed by atoms with van der Waals surface area (Å²) in [5, 5.41) is 16.4. The lowest BCUT2D eigenvalue weighted by Gasteiger charge is -2.24. The molecule has 100 valence electrons. The van der Waals surface area contributed by atoms with Gasteiger partial charge in [-0.25, -0.2) is 0 Å². The number of nitrogens with one attached hydrogen (secondary N) is 1. The summed E-state index contributed by atoms with van der Waals surface area (Å²) < 4.78 is 5.44. The number of benzene rings is 1. The maximum absolute atomic E-state index is 9.44. The first kappa shape index (κ1) is 12.3.